The van der Waals surface area contributed by atoms with Crippen LogP contribution in [0.25, 0.3) is 17.1 Å². The van der Waals surface area contributed by atoms with Crippen LogP contribution in [0.1, 0.15) is 23.7 Å². The molecule has 2 aromatic carbocycles. The lowest BCUT2D eigenvalue weighted by Gasteiger charge is -2.22. The normalized spacial score (nSPS) is 16.2. The van der Waals surface area contributed by atoms with Gasteiger partial charge in [-0.25, -0.2) is 0 Å². The summed E-state index contributed by atoms with van der Waals surface area (Å²) in [5, 5.41) is 4.31. The lowest BCUT2D eigenvalue weighted by molar-refractivity contribution is 0.259. The van der Waals surface area contributed by atoms with Gasteiger partial charge in [-0.3, -0.25) is 9.59 Å². The van der Waals surface area contributed by atoms with Crippen LogP contribution in [0, 0.1) is 0 Å². The summed E-state index contributed by atoms with van der Waals surface area (Å²) in [6.45, 7) is 1.94. The second-order valence-corrected chi connectivity index (χ2v) is 8.09. The SMILES string of the molecule is C[C@@H]1Oc2ccccc2C=C1C=c1sc2nc(=O)c(Cc3ccccc3)nn2c1=O. The number of benzene rings is 2. The van der Waals surface area contributed by atoms with Crippen molar-refractivity contribution in [2.75, 3.05) is 0 Å². The molecule has 4 aromatic rings. The molecule has 1 aliphatic heterocycles. The summed E-state index contributed by atoms with van der Waals surface area (Å²) in [6, 6.07) is 17.3. The molecule has 0 fully saturated rings. The topological polar surface area (TPSA) is 73.6 Å². The highest BCUT2D eigenvalue weighted by Crippen LogP contribution is 2.29. The maximum Gasteiger partial charge on any atom is 0.296 e. The molecule has 0 saturated carbocycles. The fourth-order valence-corrected chi connectivity index (χ4v) is 4.32. The van der Waals surface area contributed by atoms with Crippen LogP contribution in [-0.4, -0.2) is 20.7 Å². The van der Waals surface area contributed by atoms with Gasteiger partial charge in [-0.1, -0.05) is 59.9 Å². The fraction of sp³-hybridized carbons (Fsp3) is 0.130. The zero-order chi connectivity index (χ0) is 20.7. The van der Waals surface area contributed by atoms with Gasteiger partial charge in [0.2, 0.25) is 4.96 Å². The van der Waals surface area contributed by atoms with Gasteiger partial charge in [-0.05, 0) is 36.3 Å². The summed E-state index contributed by atoms with van der Waals surface area (Å²) in [5.74, 6) is 0.820. The highest BCUT2D eigenvalue weighted by Gasteiger charge is 2.18. The molecular formula is C23H17N3O3S. The standard InChI is InChI=1S/C23H17N3O3S/c1-14-17(12-16-9-5-6-10-19(16)29-14)13-20-22(28)26-23(30-20)24-21(27)18(25-26)11-15-7-3-2-4-8-15/h2-10,12-14H,11H2,1H3/t14-/m0/s1. The first kappa shape index (κ1) is 18.4. The van der Waals surface area contributed by atoms with Crippen LogP contribution in [0.5, 0.6) is 5.75 Å². The van der Waals surface area contributed by atoms with Crippen LogP contribution in [0.2, 0.25) is 0 Å². The van der Waals surface area contributed by atoms with Crippen LogP contribution in [0.4, 0.5) is 0 Å². The van der Waals surface area contributed by atoms with Crippen molar-refractivity contribution in [3.8, 4) is 5.75 Å². The van der Waals surface area contributed by atoms with Crippen molar-refractivity contribution >= 4 is 28.4 Å². The molecule has 0 spiro atoms. The van der Waals surface area contributed by atoms with Gasteiger partial charge in [-0.15, -0.1) is 0 Å². The molecule has 148 valence electrons. The highest BCUT2D eigenvalue weighted by molar-refractivity contribution is 7.15. The maximum absolute atomic E-state index is 12.9. The second-order valence-electron chi connectivity index (χ2n) is 7.08. The predicted molar refractivity (Wildman–Crippen MR) is 117 cm³/mol. The number of aromatic nitrogens is 3. The molecule has 1 atom stereocenters. The number of thiazole rings is 1. The van der Waals surface area contributed by atoms with E-state index < -0.39 is 5.56 Å². The molecule has 3 heterocycles. The molecule has 1 aliphatic rings. The Morgan fingerprint density at radius 3 is 2.70 bits per heavy atom. The van der Waals surface area contributed by atoms with Crippen molar-refractivity contribution in [3.05, 3.63) is 102 Å². The Balaban J connectivity index is 1.60. The van der Waals surface area contributed by atoms with Gasteiger partial charge in [0.25, 0.3) is 11.1 Å². The van der Waals surface area contributed by atoms with Crippen LogP contribution in [-0.2, 0) is 6.42 Å². The summed E-state index contributed by atoms with van der Waals surface area (Å²) < 4.78 is 7.64. The molecule has 0 radical (unpaired) electrons. The molecular weight excluding hydrogens is 398 g/mol. The quantitative estimate of drug-likeness (QED) is 0.514. The second kappa shape index (κ2) is 7.35. The lowest BCUT2D eigenvalue weighted by atomic mass is 10.0. The smallest absolute Gasteiger partial charge is 0.296 e. The van der Waals surface area contributed by atoms with E-state index in [9.17, 15) is 9.59 Å². The molecule has 5 rings (SSSR count). The van der Waals surface area contributed by atoms with E-state index in [0.717, 1.165) is 33.8 Å². The highest BCUT2D eigenvalue weighted by atomic mass is 32.1. The largest absolute Gasteiger partial charge is 0.485 e. The van der Waals surface area contributed by atoms with Gasteiger partial charge in [0.05, 0.1) is 4.53 Å². The van der Waals surface area contributed by atoms with Gasteiger partial charge in [0.15, 0.2) is 0 Å². The average Bonchev–Trinajstić information content (AvgIpc) is 3.04. The molecule has 0 unspecified atom stereocenters. The van der Waals surface area contributed by atoms with E-state index in [1.807, 2.05) is 67.6 Å². The van der Waals surface area contributed by atoms with Crippen molar-refractivity contribution in [1.82, 2.24) is 14.6 Å². The Hall–Kier alpha value is -3.58. The van der Waals surface area contributed by atoms with Gasteiger partial charge in [0, 0.05) is 12.0 Å². The third-order valence-corrected chi connectivity index (χ3v) is 5.94. The first-order valence-electron chi connectivity index (χ1n) is 9.54. The molecule has 0 bridgehead atoms. The minimum atomic E-state index is -0.408. The predicted octanol–water partition coefficient (Wildman–Crippen LogP) is 2.47. The summed E-state index contributed by atoms with van der Waals surface area (Å²) in [6.07, 6.45) is 3.94. The minimum absolute atomic E-state index is 0.195. The van der Waals surface area contributed by atoms with E-state index in [2.05, 4.69) is 10.1 Å². The molecule has 30 heavy (non-hydrogen) atoms. The first-order valence-corrected chi connectivity index (χ1v) is 10.4. The average molecular weight is 415 g/mol. The number of rotatable bonds is 3. The molecule has 0 N–H and O–H groups in total. The maximum atomic E-state index is 12.9. The fourth-order valence-electron chi connectivity index (χ4n) is 3.41. The Kier molecular flexibility index (Phi) is 4.52. The monoisotopic (exact) mass is 415 g/mol. The van der Waals surface area contributed by atoms with E-state index in [1.165, 1.54) is 4.52 Å². The van der Waals surface area contributed by atoms with E-state index >= 15 is 0 Å². The first-order chi connectivity index (χ1) is 14.6. The number of hydrogen-bond acceptors (Lipinski definition) is 6. The third-order valence-electron chi connectivity index (χ3n) is 4.98. The van der Waals surface area contributed by atoms with Crippen molar-refractivity contribution < 1.29 is 4.74 Å². The van der Waals surface area contributed by atoms with E-state index in [-0.39, 0.29) is 17.4 Å². The van der Waals surface area contributed by atoms with Crippen molar-refractivity contribution in [1.29, 1.82) is 0 Å². The van der Waals surface area contributed by atoms with Crippen LogP contribution >= 0.6 is 11.3 Å². The summed E-state index contributed by atoms with van der Waals surface area (Å²) >= 11 is 1.15. The molecule has 2 aromatic heterocycles. The van der Waals surface area contributed by atoms with Crippen molar-refractivity contribution in [3.63, 3.8) is 0 Å². The summed E-state index contributed by atoms with van der Waals surface area (Å²) in [7, 11) is 0. The van der Waals surface area contributed by atoms with Crippen LogP contribution in [0.3, 0.4) is 0 Å². The number of ether oxygens (including phenoxy) is 1. The number of nitrogens with zero attached hydrogens (tertiary/aromatic N) is 3. The van der Waals surface area contributed by atoms with Gasteiger partial charge < -0.3 is 4.74 Å². The third kappa shape index (κ3) is 3.33. The molecule has 6 nitrogen and oxygen atoms in total. The zero-order valence-electron chi connectivity index (χ0n) is 16.1. The number of fused-ring (bicyclic) bond motifs is 2. The van der Waals surface area contributed by atoms with E-state index in [4.69, 9.17) is 4.74 Å². The molecule has 0 saturated heterocycles. The van der Waals surface area contributed by atoms with Gasteiger partial charge in [0.1, 0.15) is 17.5 Å². The van der Waals surface area contributed by atoms with Gasteiger partial charge >= 0.3 is 0 Å². The molecule has 7 heteroatoms. The van der Waals surface area contributed by atoms with Gasteiger partial charge in [-0.2, -0.15) is 14.6 Å². The van der Waals surface area contributed by atoms with E-state index in [0.29, 0.717) is 15.9 Å². The molecule has 0 aliphatic carbocycles. The number of hydrogen-bond donors (Lipinski definition) is 0. The van der Waals surface area contributed by atoms with Crippen LogP contribution in [0.15, 0.2) is 69.8 Å². The Labute approximate surface area is 175 Å². The summed E-state index contributed by atoms with van der Waals surface area (Å²) in [4.78, 5) is 29.7. The summed E-state index contributed by atoms with van der Waals surface area (Å²) in [5.41, 5.74) is 2.34. The minimum Gasteiger partial charge on any atom is -0.485 e. The lowest BCUT2D eigenvalue weighted by Crippen LogP contribution is -2.29. The zero-order valence-corrected chi connectivity index (χ0v) is 16.9. The Bertz CT molecular complexity index is 1450. The van der Waals surface area contributed by atoms with Crippen LogP contribution < -0.4 is 20.4 Å². The number of para-hydroxylation sites is 1. The Morgan fingerprint density at radius 1 is 1.10 bits per heavy atom. The Morgan fingerprint density at radius 2 is 1.87 bits per heavy atom. The van der Waals surface area contributed by atoms with E-state index in [1.54, 1.807) is 6.08 Å². The van der Waals surface area contributed by atoms with Crippen molar-refractivity contribution in [2.24, 2.45) is 0 Å². The van der Waals surface area contributed by atoms with Crippen molar-refractivity contribution in [2.45, 2.75) is 19.4 Å². The molecule has 0 amide bonds.